The minimum atomic E-state index is -3.51. The Morgan fingerprint density at radius 1 is 1.04 bits per heavy atom. The van der Waals surface area contributed by atoms with Crippen LogP contribution in [0.1, 0.15) is 29.7 Å². The van der Waals surface area contributed by atoms with Crippen LogP contribution in [0.2, 0.25) is 0 Å². The van der Waals surface area contributed by atoms with Crippen molar-refractivity contribution in [2.75, 3.05) is 7.05 Å². The number of sulfonamides is 1. The van der Waals surface area contributed by atoms with E-state index in [0.29, 0.717) is 11.4 Å². The van der Waals surface area contributed by atoms with E-state index in [-0.39, 0.29) is 0 Å². The lowest BCUT2D eigenvalue weighted by Crippen LogP contribution is -2.26. The van der Waals surface area contributed by atoms with Crippen molar-refractivity contribution >= 4 is 20.9 Å². The van der Waals surface area contributed by atoms with E-state index in [2.05, 4.69) is 4.98 Å². The Hall–Kier alpha value is -2.11. The van der Waals surface area contributed by atoms with Gasteiger partial charge in [-0.2, -0.15) is 4.31 Å². The summed E-state index contributed by atoms with van der Waals surface area (Å²) in [6.07, 6.45) is 4.45. The van der Waals surface area contributed by atoms with Gasteiger partial charge in [0.05, 0.1) is 4.90 Å². The number of aromatic nitrogens is 1. The first-order valence-electron chi connectivity index (χ1n) is 8.69. The molecule has 0 radical (unpaired) electrons. The maximum Gasteiger partial charge on any atom is 0.243 e. The second kappa shape index (κ2) is 6.32. The predicted molar refractivity (Wildman–Crippen MR) is 100 cm³/mol. The Balaban J connectivity index is 1.70. The molecule has 0 bridgehead atoms. The summed E-state index contributed by atoms with van der Waals surface area (Å²) in [4.78, 5) is 3.82. The van der Waals surface area contributed by atoms with Gasteiger partial charge in [0.25, 0.3) is 0 Å². The van der Waals surface area contributed by atoms with E-state index in [4.69, 9.17) is 0 Å². The monoisotopic (exact) mass is 354 g/mol. The Kier molecular flexibility index (Phi) is 4.13. The number of benzene rings is 2. The van der Waals surface area contributed by atoms with Crippen molar-refractivity contribution in [3.05, 3.63) is 65.4 Å². The van der Waals surface area contributed by atoms with Gasteiger partial charge in [-0.3, -0.25) is 0 Å². The third kappa shape index (κ3) is 2.98. The molecule has 0 spiro atoms. The Morgan fingerprint density at radius 2 is 1.80 bits per heavy atom. The van der Waals surface area contributed by atoms with Crippen molar-refractivity contribution in [3.8, 4) is 0 Å². The maximum atomic E-state index is 13.0. The van der Waals surface area contributed by atoms with Gasteiger partial charge >= 0.3 is 0 Å². The normalized spacial score (nSPS) is 14.8. The number of rotatable bonds is 4. The molecule has 4 rings (SSSR count). The molecule has 1 N–H and O–H groups in total. The number of hydrogen-bond donors (Lipinski definition) is 1. The van der Waals surface area contributed by atoms with Crippen molar-refractivity contribution in [1.82, 2.24) is 9.29 Å². The summed E-state index contributed by atoms with van der Waals surface area (Å²) in [5.74, 6) is 0. The number of aryl methyl sites for hydroxylation is 2. The second-order valence-corrected chi connectivity index (χ2v) is 8.79. The van der Waals surface area contributed by atoms with E-state index in [9.17, 15) is 8.42 Å². The van der Waals surface area contributed by atoms with Gasteiger partial charge in [-0.05, 0) is 55.0 Å². The Morgan fingerprint density at radius 3 is 2.60 bits per heavy atom. The molecule has 1 heterocycles. The highest BCUT2D eigenvalue weighted by Gasteiger charge is 2.23. The van der Waals surface area contributed by atoms with Gasteiger partial charge in [-0.15, -0.1) is 0 Å². The molecule has 130 valence electrons. The smallest absolute Gasteiger partial charge is 0.243 e. The summed E-state index contributed by atoms with van der Waals surface area (Å²) in [6, 6.07) is 15.1. The van der Waals surface area contributed by atoms with Crippen LogP contribution in [0.4, 0.5) is 0 Å². The summed E-state index contributed by atoms with van der Waals surface area (Å²) >= 11 is 0. The minimum Gasteiger partial charge on any atom is -0.358 e. The van der Waals surface area contributed by atoms with E-state index in [0.717, 1.165) is 29.3 Å². The summed E-state index contributed by atoms with van der Waals surface area (Å²) < 4.78 is 27.4. The largest absolute Gasteiger partial charge is 0.358 e. The molecule has 4 nitrogen and oxygen atoms in total. The Bertz CT molecular complexity index is 1010. The number of aromatic amines is 1. The summed E-state index contributed by atoms with van der Waals surface area (Å²) in [6.45, 7) is 0.368. The van der Waals surface area contributed by atoms with E-state index in [1.54, 1.807) is 13.1 Å². The Labute approximate surface area is 148 Å². The highest BCUT2D eigenvalue weighted by Crippen LogP contribution is 2.31. The fourth-order valence-electron chi connectivity index (χ4n) is 3.65. The summed E-state index contributed by atoms with van der Waals surface area (Å²) in [5, 5.41) is 1.06. The first-order valence-corrected chi connectivity index (χ1v) is 10.1. The van der Waals surface area contributed by atoms with Gasteiger partial charge in [0.2, 0.25) is 10.0 Å². The van der Waals surface area contributed by atoms with Crippen LogP contribution < -0.4 is 0 Å². The highest BCUT2D eigenvalue weighted by molar-refractivity contribution is 7.89. The van der Waals surface area contributed by atoms with Crippen molar-refractivity contribution < 1.29 is 8.42 Å². The van der Waals surface area contributed by atoms with Gasteiger partial charge < -0.3 is 4.98 Å². The van der Waals surface area contributed by atoms with Gasteiger partial charge in [0.1, 0.15) is 0 Å². The van der Waals surface area contributed by atoms with Gasteiger partial charge in [0.15, 0.2) is 0 Å². The number of nitrogens with one attached hydrogen (secondary N) is 1. The molecule has 0 amide bonds. The average molecular weight is 354 g/mol. The molecule has 1 aromatic heterocycles. The number of H-pyrrole nitrogens is 1. The molecule has 0 saturated carbocycles. The van der Waals surface area contributed by atoms with Crippen LogP contribution >= 0.6 is 0 Å². The zero-order valence-electron chi connectivity index (χ0n) is 14.3. The third-order valence-electron chi connectivity index (χ3n) is 5.03. The lowest BCUT2D eigenvalue weighted by molar-refractivity contribution is 0.467. The number of fused-ring (bicyclic) bond motifs is 3. The third-order valence-corrected chi connectivity index (χ3v) is 6.83. The molecule has 0 unspecified atom stereocenters. The molecular formula is C20H22N2O2S. The molecule has 1 aliphatic rings. The predicted octanol–water partition coefficient (Wildman–Crippen LogP) is 3.87. The van der Waals surface area contributed by atoms with Crippen LogP contribution in [0.15, 0.2) is 53.4 Å². The molecule has 0 fully saturated rings. The molecule has 25 heavy (non-hydrogen) atoms. The van der Waals surface area contributed by atoms with Crippen LogP contribution in [0.5, 0.6) is 0 Å². The van der Waals surface area contributed by atoms with E-state index in [1.807, 2.05) is 42.5 Å². The molecule has 2 aromatic carbocycles. The fraction of sp³-hybridized carbons (Fsp3) is 0.300. The molecule has 1 aliphatic carbocycles. The fourth-order valence-corrected chi connectivity index (χ4v) is 4.84. The number of hydrogen-bond acceptors (Lipinski definition) is 2. The topological polar surface area (TPSA) is 53.2 Å². The van der Waals surface area contributed by atoms with E-state index in [1.165, 1.54) is 28.4 Å². The molecular weight excluding hydrogens is 332 g/mol. The SMILES string of the molecule is CN(Cc1ccccc1)S(=O)(=O)c1ccc2[nH]c3c(c2c1)CCCC3. The minimum absolute atomic E-state index is 0.366. The molecule has 0 atom stereocenters. The van der Waals surface area contributed by atoms with Crippen LogP contribution in [-0.2, 0) is 29.4 Å². The van der Waals surface area contributed by atoms with Crippen LogP contribution in [0.3, 0.4) is 0 Å². The van der Waals surface area contributed by atoms with Crippen LogP contribution in [-0.4, -0.2) is 24.8 Å². The van der Waals surface area contributed by atoms with Crippen molar-refractivity contribution in [2.24, 2.45) is 0 Å². The lowest BCUT2D eigenvalue weighted by Gasteiger charge is -2.17. The quantitative estimate of drug-likeness (QED) is 0.773. The molecule has 5 heteroatoms. The molecule has 0 aliphatic heterocycles. The zero-order valence-corrected chi connectivity index (χ0v) is 15.1. The first kappa shape index (κ1) is 16.4. The number of nitrogens with zero attached hydrogens (tertiary/aromatic N) is 1. The molecule has 0 saturated heterocycles. The average Bonchev–Trinajstić information content (AvgIpc) is 3.00. The second-order valence-electron chi connectivity index (χ2n) is 6.74. The van der Waals surface area contributed by atoms with Gasteiger partial charge in [0, 0.05) is 30.2 Å². The van der Waals surface area contributed by atoms with E-state index >= 15 is 0 Å². The van der Waals surface area contributed by atoms with Crippen molar-refractivity contribution in [1.29, 1.82) is 0 Å². The molecule has 3 aromatic rings. The standard InChI is InChI=1S/C20H22N2O2S/c1-22(14-15-7-3-2-4-8-15)25(23,24)16-11-12-20-18(13-16)17-9-5-6-10-19(17)21-20/h2-4,7-8,11-13,21H,5-6,9-10,14H2,1H3. The van der Waals surface area contributed by atoms with E-state index < -0.39 is 10.0 Å². The van der Waals surface area contributed by atoms with Gasteiger partial charge in [-0.25, -0.2) is 8.42 Å². The van der Waals surface area contributed by atoms with Crippen LogP contribution in [0, 0.1) is 0 Å². The zero-order chi connectivity index (χ0) is 17.4. The van der Waals surface area contributed by atoms with Crippen molar-refractivity contribution in [3.63, 3.8) is 0 Å². The first-order chi connectivity index (χ1) is 12.1. The summed E-state index contributed by atoms with van der Waals surface area (Å²) in [7, 11) is -1.88. The lowest BCUT2D eigenvalue weighted by atomic mass is 9.96. The highest BCUT2D eigenvalue weighted by atomic mass is 32.2. The summed E-state index contributed by atoms with van der Waals surface area (Å²) in [5.41, 5.74) is 4.59. The van der Waals surface area contributed by atoms with Gasteiger partial charge in [-0.1, -0.05) is 30.3 Å². The maximum absolute atomic E-state index is 13.0. The van der Waals surface area contributed by atoms with Crippen LogP contribution in [0.25, 0.3) is 10.9 Å². The van der Waals surface area contributed by atoms with Crippen molar-refractivity contribution in [2.45, 2.75) is 37.1 Å².